The highest BCUT2D eigenvalue weighted by Crippen LogP contribution is 2.22. The van der Waals surface area contributed by atoms with E-state index in [-0.39, 0.29) is 18.6 Å². The number of ketones is 1. The summed E-state index contributed by atoms with van der Waals surface area (Å²) >= 11 is 0. The van der Waals surface area contributed by atoms with Crippen LogP contribution in [0.3, 0.4) is 0 Å². The van der Waals surface area contributed by atoms with E-state index in [2.05, 4.69) is 5.32 Å². The largest absolute Gasteiger partial charge is 0.389 e. The van der Waals surface area contributed by atoms with E-state index < -0.39 is 12.6 Å². The first kappa shape index (κ1) is 11.5. The second kappa shape index (κ2) is 4.77. The van der Waals surface area contributed by atoms with E-state index in [1.54, 1.807) is 0 Å². The lowest BCUT2D eigenvalue weighted by Crippen LogP contribution is -2.42. The van der Waals surface area contributed by atoms with Gasteiger partial charge in [0, 0.05) is 19.3 Å². The fraction of sp³-hybridized carbons (Fsp3) is 0.889. The third kappa shape index (κ3) is 4.60. The van der Waals surface area contributed by atoms with E-state index in [0.29, 0.717) is 12.3 Å². The van der Waals surface area contributed by atoms with Crippen LogP contribution in [0.15, 0.2) is 0 Å². The minimum Gasteiger partial charge on any atom is -0.316 e. The van der Waals surface area contributed by atoms with Crippen molar-refractivity contribution < 1.29 is 18.0 Å². The van der Waals surface area contributed by atoms with Crippen molar-refractivity contribution in [3.05, 3.63) is 0 Å². The fourth-order valence-corrected chi connectivity index (χ4v) is 1.40. The molecular formula is C9H14F3NO. The molecule has 0 atom stereocenters. The smallest absolute Gasteiger partial charge is 0.316 e. The molecule has 0 unspecified atom stereocenters. The number of nitrogens with one attached hydrogen (secondary N) is 1. The van der Waals surface area contributed by atoms with Gasteiger partial charge in [-0.15, -0.1) is 0 Å². The van der Waals surface area contributed by atoms with E-state index in [1.165, 1.54) is 0 Å². The summed E-state index contributed by atoms with van der Waals surface area (Å²) in [6, 6.07) is 0. The minimum absolute atomic E-state index is 0.0410. The van der Waals surface area contributed by atoms with Crippen LogP contribution in [0.2, 0.25) is 0 Å². The number of hydrogen-bond acceptors (Lipinski definition) is 2. The monoisotopic (exact) mass is 209 g/mol. The molecule has 1 aliphatic heterocycles. The van der Waals surface area contributed by atoms with Crippen LogP contribution in [0.4, 0.5) is 13.2 Å². The molecule has 0 radical (unpaired) electrons. The van der Waals surface area contributed by atoms with Gasteiger partial charge in [-0.1, -0.05) is 0 Å². The molecule has 1 rings (SSSR count). The molecule has 1 aliphatic rings. The number of Topliss-reactive ketones (excluding diaryl/α,β-unsaturated/α-hetero) is 1. The molecule has 1 heterocycles. The number of hydrogen-bond donors (Lipinski definition) is 1. The molecule has 1 fully saturated rings. The molecular weight excluding hydrogens is 195 g/mol. The van der Waals surface area contributed by atoms with Gasteiger partial charge in [0.1, 0.15) is 5.78 Å². The van der Waals surface area contributed by atoms with Gasteiger partial charge in [0.25, 0.3) is 0 Å². The molecule has 0 spiro atoms. The maximum atomic E-state index is 11.7. The Morgan fingerprint density at radius 3 is 2.43 bits per heavy atom. The summed E-state index contributed by atoms with van der Waals surface area (Å²) in [4.78, 5) is 11.1. The molecule has 0 amide bonds. The Hall–Kier alpha value is -0.580. The maximum Gasteiger partial charge on any atom is 0.389 e. The predicted octanol–water partition coefficient (Wildman–Crippen LogP) is 1.90. The van der Waals surface area contributed by atoms with Crippen molar-refractivity contribution in [2.24, 2.45) is 5.92 Å². The Morgan fingerprint density at radius 2 is 2.00 bits per heavy atom. The van der Waals surface area contributed by atoms with Crippen molar-refractivity contribution in [1.82, 2.24) is 5.32 Å². The Bertz CT molecular complexity index is 199. The zero-order chi connectivity index (χ0) is 10.6. The van der Waals surface area contributed by atoms with Crippen molar-refractivity contribution in [1.29, 1.82) is 0 Å². The number of carbonyl (C=O) groups excluding carboxylic acids is 1. The highest BCUT2D eigenvalue weighted by molar-refractivity contribution is 5.78. The molecule has 14 heavy (non-hydrogen) atoms. The summed E-state index contributed by atoms with van der Waals surface area (Å²) in [5.41, 5.74) is 0. The van der Waals surface area contributed by atoms with Crippen LogP contribution < -0.4 is 5.32 Å². The van der Waals surface area contributed by atoms with Crippen molar-refractivity contribution in [2.45, 2.75) is 31.9 Å². The lowest BCUT2D eigenvalue weighted by molar-refractivity contribution is -0.137. The van der Waals surface area contributed by atoms with Crippen LogP contribution in [-0.2, 0) is 4.79 Å². The molecule has 0 aliphatic carbocycles. The minimum atomic E-state index is -4.13. The average molecular weight is 209 g/mol. The number of halogens is 3. The van der Waals surface area contributed by atoms with Gasteiger partial charge in [-0.05, 0) is 25.4 Å². The summed E-state index contributed by atoms with van der Waals surface area (Å²) in [7, 11) is 0. The van der Waals surface area contributed by atoms with Gasteiger partial charge in [-0.3, -0.25) is 4.79 Å². The molecule has 0 bridgehead atoms. The number of alkyl halides is 3. The van der Waals surface area contributed by atoms with Crippen LogP contribution in [0.25, 0.3) is 0 Å². The third-order valence-electron chi connectivity index (χ3n) is 2.30. The van der Waals surface area contributed by atoms with Crippen LogP contribution in [0, 0.1) is 5.92 Å². The van der Waals surface area contributed by atoms with Crippen LogP contribution in [0.5, 0.6) is 0 Å². The first-order chi connectivity index (χ1) is 6.47. The molecule has 0 aromatic heterocycles. The topological polar surface area (TPSA) is 29.1 Å². The van der Waals surface area contributed by atoms with Gasteiger partial charge < -0.3 is 5.32 Å². The maximum absolute atomic E-state index is 11.7. The molecule has 0 aromatic carbocycles. The summed E-state index contributed by atoms with van der Waals surface area (Å²) in [6.45, 7) is 1.65. The van der Waals surface area contributed by atoms with E-state index in [9.17, 15) is 18.0 Å². The summed E-state index contributed by atoms with van der Waals surface area (Å²) in [5, 5.41) is 3.01. The van der Waals surface area contributed by atoms with Crippen LogP contribution >= 0.6 is 0 Å². The number of carbonyl (C=O) groups is 1. The zero-order valence-corrected chi connectivity index (χ0v) is 7.86. The lowest BCUT2D eigenvalue weighted by atomic mass is 9.95. The van der Waals surface area contributed by atoms with Crippen molar-refractivity contribution in [2.75, 3.05) is 13.1 Å². The summed E-state index contributed by atoms with van der Waals surface area (Å²) in [5.74, 6) is 0.314. The van der Waals surface area contributed by atoms with Gasteiger partial charge in [-0.25, -0.2) is 0 Å². The molecule has 1 saturated heterocycles. The SMILES string of the molecule is O=C(CCCC(F)(F)F)CC1CNC1. The Balaban J connectivity index is 2.03. The molecule has 82 valence electrons. The van der Waals surface area contributed by atoms with Crippen molar-refractivity contribution >= 4 is 5.78 Å². The molecule has 2 nitrogen and oxygen atoms in total. The molecule has 5 heteroatoms. The van der Waals surface area contributed by atoms with E-state index >= 15 is 0 Å². The van der Waals surface area contributed by atoms with Crippen LogP contribution in [0.1, 0.15) is 25.7 Å². The molecule has 0 saturated carbocycles. The fourth-order valence-electron chi connectivity index (χ4n) is 1.40. The quantitative estimate of drug-likeness (QED) is 0.749. The van der Waals surface area contributed by atoms with Crippen LogP contribution in [-0.4, -0.2) is 25.0 Å². The predicted molar refractivity (Wildman–Crippen MR) is 45.9 cm³/mol. The summed E-state index contributed by atoms with van der Waals surface area (Å²) in [6.07, 6.45) is -4.54. The molecule has 1 N–H and O–H groups in total. The average Bonchev–Trinajstić information content (AvgIpc) is 1.94. The highest BCUT2D eigenvalue weighted by Gasteiger charge is 2.27. The zero-order valence-electron chi connectivity index (χ0n) is 7.86. The second-order valence-corrected chi connectivity index (χ2v) is 3.74. The Kier molecular flexibility index (Phi) is 3.92. The van der Waals surface area contributed by atoms with Crippen molar-refractivity contribution in [3.8, 4) is 0 Å². The Morgan fingerprint density at radius 1 is 1.36 bits per heavy atom. The Labute approximate surface area is 80.9 Å². The van der Waals surface area contributed by atoms with E-state index in [0.717, 1.165) is 13.1 Å². The van der Waals surface area contributed by atoms with Gasteiger partial charge in [0.2, 0.25) is 0 Å². The van der Waals surface area contributed by atoms with Crippen molar-refractivity contribution in [3.63, 3.8) is 0 Å². The standard InChI is InChI=1S/C9H14F3NO/c10-9(11,12)3-1-2-8(14)4-7-5-13-6-7/h7,13H,1-6H2. The second-order valence-electron chi connectivity index (χ2n) is 3.74. The third-order valence-corrected chi connectivity index (χ3v) is 2.30. The normalized spacial score (nSPS) is 17.9. The first-order valence-corrected chi connectivity index (χ1v) is 4.76. The van der Waals surface area contributed by atoms with Gasteiger partial charge in [0.05, 0.1) is 0 Å². The lowest BCUT2D eigenvalue weighted by Gasteiger charge is -2.26. The van der Waals surface area contributed by atoms with E-state index in [4.69, 9.17) is 0 Å². The highest BCUT2D eigenvalue weighted by atomic mass is 19.4. The van der Waals surface area contributed by atoms with Gasteiger partial charge in [0.15, 0.2) is 0 Å². The van der Waals surface area contributed by atoms with E-state index in [1.807, 2.05) is 0 Å². The van der Waals surface area contributed by atoms with Gasteiger partial charge in [-0.2, -0.15) is 13.2 Å². The summed E-state index contributed by atoms with van der Waals surface area (Å²) < 4.78 is 35.2. The first-order valence-electron chi connectivity index (χ1n) is 4.76. The van der Waals surface area contributed by atoms with Gasteiger partial charge >= 0.3 is 6.18 Å². The molecule has 0 aromatic rings. The number of rotatable bonds is 5.